The minimum atomic E-state index is -4.96. The number of esters is 4. The molecule has 0 aliphatic rings. The molecule has 0 spiro atoms. The van der Waals surface area contributed by atoms with Crippen LogP contribution in [0.15, 0.2) is 0 Å². The molecular formula is C75H146O17P2. The third-order valence-corrected chi connectivity index (χ3v) is 19.3. The molecule has 0 heterocycles. The van der Waals surface area contributed by atoms with Crippen molar-refractivity contribution in [1.29, 1.82) is 0 Å². The van der Waals surface area contributed by atoms with Crippen LogP contribution >= 0.6 is 15.6 Å². The first kappa shape index (κ1) is 92.1. The van der Waals surface area contributed by atoms with E-state index in [-0.39, 0.29) is 25.7 Å². The molecular weight excluding hydrogens is 1230 g/mol. The van der Waals surface area contributed by atoms with Crippen LogP contribution in [0.3, 0.4) is 0 Å². The average molecular weight is 1380 g/mol. The Morgan fingerprint density at radius 1 is 0.287 bits per heavy atom. The zero-order valence-electron chi connectivity index (χ0n) is 61.4. The second-order valence-corrected chi connectivity index (χ2v) is 31.4. The fourth-order valence-corrected chi connectivity index (χ4v) is 13.0. The standard InChI is InChI=1S/C75H146O17P2/c1-8-9-10-11-12-35-42-49-56-72(77)85-62-70(91-75(80)59-52-45-38-31-25-24-28-34-41-48-55-68(6)7)64-89-93(81,82)87-60-69(76)61-88-94(83,84)90-65-71(63-86-73(78)57-50-43-36-29-22-19-18-21-27-33-40-47-54-67(4)5)92-74(79)58-51-44-37-30-23-17-15-13-14-16-20-26-32-39-46-53-66(2)3/h66-71,76H,8-65H2,1-7H3,(H,81,82)(H,83,84)/t69-,70+,71+/m0/s1. The number of aliphatic hydroxyl groups excluding tert-OH is 1. The number of carbonyl (C=O) groups is 4. The summed E-state index contributed by atoms with van der Waals surface area (Å²) < 4.78 is 68.4. The number of hydrogen-bond donors (Lipinski definition) is 3. The Morgan fingerprint density at radius 2 is 0.489 bits per heavy atom. The van der Waals surface area contributed by atoms with Crippen molar-refractivity contribution in [2.75, 3.05) is 39.6 Å². The number of phosphoric ester groups is 2. The van der Waals surface area contributed by atoms with Gasteiger partial charge in [-0.25, -0.2) is 9.13 Å². The van der Waals surface area contributed by atoms with E-state index in [0.717, 1.165) is 114 Å². The van der Waals surface area contributed by atoms with Gasteiger partial charge in [-0.05, 0) is 43.4 Å². The summed E-state index contributed by atoms with van der Waals surface area (Å²) in [6.45, 7) is 11.9. The smallest absolute Gasteiger partial charge is 0.462 e. The molecule has 2 unspecified atom stereocenters. The SMILES string of the molecule is CCCCCCCCCCC(=O)OC[C@H](COP(=O)(O)OC[C@H](O)COP(=O)(O)OC[C@@H](COC(=O)CCCCCCCCCCCCCCC(C)C)OC(=O)CCCCCCCCCCCCCCCCCC(C)C)OC(=O)CCCCCCCCCCCCC(C)C. The van der Waals surface area contributed by atoms with Gasteiger partial charge in [-0.15, -0.1) is 0 Å². The predicted molar refractivity (Wildman–Crippen MR) is 381 cm³/mol. The van der Waals surface area contributed by atoms with Crippen LogP contribution in [0.5, 0.6) is 0 Å². The molecule has 0 amide bonds. The molecule has 0 aliphatic carbocycles. The van der Waals surface area contributed by atoms with E-state index in [2.05, 4.69) is 48.5 Å². The van der Waals surface area contributed by atoms with E-state index in [9.17, 15) is 43.2 Å². The molecule has 0 bridgehead atoms. The first-order valence-corrected chi connectivity index (χ1v) is 41.8. The monoisotopic (exact) mass is 1380 g/mol. The van der Waals surface area contributed by atoms with Crippen molar-refractivity contribution in [2.24, 2.45) is 17.8 Å². The molecule has 0 radical (unpaired) electrons. The molecule has 558 valence electrons. The molecule has 0 saturated carbocycles. The van der Waals surface area contributed by atoms with Crippen molar-refractivity contribution < 1.29 is 80.2 Å². The third-order valence-electron chi connectivity index (χ3n) is 17.4. The lowest BCUT2D eigenvalue weighted by atomic mass is 10.0. The number of phosphoric acid groups is 2. The molecule has 3 N–H and O–H groups in total. The summed E-state index contributed by atoms with van der Waals surface area (Å²) >= 11 is 0. The Kier molecular flexibility index (Phi) is 64.3. The van der Waals surface area contributed by atoms with Gasteiger partial charge in [0.15, 0.2) is 12.2 Å². The van der Waals surface area contributed by atoms with Gasteiger partial charge < -0.3 is 33.8 Å². The average Bonchev–Trinajstić information content (AvgIpc) is 1.23. The van der Waals surface area contributed by atoms with Crippen LogP contribution in [0.4, 0.5) is 0 Å². The zero-order chi connectivity index (χ0) is 69.4. The van der Waals surface area contributed by atoms with Crippen molar-refractivity contribution in [2.45, 2.75) is 401 Å². The van der Waals surface area contributed by atoms with Crippen LogP contribution in [0.2, 0.25) is 0 Å². The highest BCUT2D eigenvalue weighted by atomic mass is 31.2. The Morgan fingerprint density at radius 3 is 0.723 bits per heavy atom. The summed E-state index contributed by atoms with van der Waals surface area (Å²) in [5, 5.41) is 10.6. The van der Waals surface area contributed by atoms with Gasteiger partial charge in [-0.1, -0.05) is 331 Å². The molecule has 0 fully saturated rings. The lowest BCUT2D eigenvalue weighted by Crippen LogP contribution is -2.30. The summed E-state index contributed by atoms with van der Waals surface area (Å²) in [7, 11) is -9.91. The molecule has 0 rings (SSSR count). The van der Waals surface area contributed by atoms with Crippen LogP contribution in [0.25, 0.3) is 0 Å². The van der Waals surface area contributed by atoms with Gasteiger partial charge in [0.05, 0.1) is 26.4 Å². The summed E-state index contributed by atoms with van der Waals surface area (Å²) in [6, 6.07) is 0. The maximum atomic E-state index is 13.1. The topological polar surface area (TPSA) is 237 Å². The summed E-state index contributed by atoms with van der Waals surface area (Å²) in [5.74, 6) is 0.216. The highest BCUT2D eigenvalue weighted by molar-refractivity contribution is 7.47. The van der Waals surface area contributed by atoms with Crippen LogP contribution in [-0.4, -0.2) is 96.7 Å². The summed E-state index contributed by atoms with van der Waals surface area (Å²) in [6.07, 6.45) is 51.4. The number of hydrogen-bond acceptors (Lipinski definition) is 15. The van der Waals surface area contributed by atoms with Crippen molar-refractivity contribution in [3.8, 4) is 0 Å². The van der Waals surface area contributed by atoms with Crippen molar-refractivity contribution >= 4 is 39.5 Å². The van der Waals surface area contributed by atoms with Crippen molar-refractivity contribution in [3.05, 3.63) is 0 Å². The fraction of sp³-hybridized carbons (Fsp3) is 0.947. The van der Waals surface area contributed by atoms with Gasteiger partial charge in [0.25, 0.3) is 0 Å². The van der Waals surface area contributed by atoms with Crippen LogP contribution < -0.4 is 0 Å². The minimum Gasteiger partial charge on any atom is -0.462 e. The molecule has 0 aromatic rings. The number of aliphatic hydroxyl groups is 1. The zero-order valence-corrected chi connectivity index (χ0v) is 63.2. The van der Waals surface area contributed by atoms with E-state index in [1.165, 1.54) is 186 Å². The quantitative estimate of drug-likeness (QED) is 0.0222. The van der Waals surface area contributed by atoms with E-state index in [4.69, 9.17) is 37.0 Å². The van der Waals surface area contributed by atoms with Crippen LogP contribution in [0, 0.1) is 17.8 Å². The largest absolute Gasteiger partial charge is 0.472 e. The van der Waals surface area contributed by atoms with Crippen LogP contribution in [-0.2, 0) is 65.4 Å². The van der Waals surface area contributed by atoms with E-state index in [0.29, 0.717) is 25.7 Å². The van der Waals surface area contributed by atoms with E-state index >= 15 is 0 Å². The number of ether oxygens (including phenoxy) is 4. The number of carbonyl (C=O) groups excluding carboxylic acids is 4. The maximum absolute atomic E-state index is 13.1. The molecule has 0 saturated heterocycles. The first-order valence-electron chi connectivity index (χ1n) is 38.8. The lowest BCUT2D eigenvalue weighted by Gasteiger charge is -2.21. The molecule has 19 heteroatoms. The second-order valence-electron chi connectivity index (χ2n) is 28.5. The predicted octanol–water partition coefficient (Wildman–Crippen LogP) is 21.8. The third kappa shape index (κ3) is 68.6. The molecule has 94 heavy (non-hydrogen) atoms. The van der Waals surface area contributed by atoms with Gasteiger partial charge in [-0.3, -0.25) is 37.3 Å². The fourth-order valence-electron chi connectivity index (χ4n) is 11.4. The van der Waals surface area contributed by atoms with Crippen molar-refractivity contribution in [1.82, 2.24) is 0 Å². The molecule has 0 aromatic heterocycles. The Hall–Kier alpha value is -1.94. The van der Waals surface area contributed by atoms with Crippen molar-refractivity contribution in [3.63, 3.8) is 0 Å². The van der Waals surface area contributed by atoms with Gasteiger partial charge in [-0.2, -0.15) is 0 Å². The molecule has 17 nitrogen and oxygen atoms in total. The van der Waals surface area contributed by atoms with E-state index in [1.54, 1.807) is 0 Å². The van der Waals surface area contributed by atoms with Gasteiger partial charge in [0.1, 0.15) is 19.3 Å². The Bertz CT molecular complexity index is 1840. The highest BCUT2D eigenvalue weighted by Gasteiger charge is 2.30. The molecule has 0 aromatic carbocycles. The van der Waals surface area contributed by atoms with Gasteiger partial charge in [0.2, 0.25) is 0 Å². The minimum absolute atomic E-state index is 0.106. The van der Waals surface area contributed by atoms with E-state index < -0.39 is 97.5 Å². The van der Waals surface area contributed by atoms with Gasteiger partial charge in [0, 0.05) is 25.7 Å². The van der Waals surface area contributed by atoms with Gasteiger partial charge >= 0.3 is 39.5 Å². The summed E-state index contributed by atoms with van der Waals surface area (Å²) in [4.78, 5) is 72.7. The molecule has 0 aliphatic heterocycles. The highest BCUT2D eigenvalue weighted by Crippen LogP contribution is 2.45. The second kappa shape index (κ2) is 65.7. The van der Waals surface area contributed by atoms with Crippen LogP contribution in [0.1, 0.15) is 382 Å². The Labute approximate surface area is 575 Å². The Balaban J connectivity index is 5.22. The van der Waals surface area contributed by atoms with E-state index in [1.807, 2.05) is 0 Å². The number of unbranched alkanes of at least 4 members (excludes halogenated alkanes) is 41. The lowest BCUT2D eigenvalue weighted by molar-refractivity contribution is -0.161. The first-order chi connectivity index (χ1) is 45.2. The molecule has 5 atom stereocenters. The normalized spacial score (nSPS) is 14.1. The maximum Gasteiger partial charge on any atom is 0.472 e. The number of rotatable bonds is 73. The summed E-state index contributed by atoms with van der Waals surface area (Å²) in [5.41, 5.74) is 0.